The lowest BCUT2D eigenvalue weighted by molar-refractivity contribution is -0.149. The second kappa shape index (κ2) is 4.78. The highest BCUT2D eigenvalue weighted by molar-refractivity contribution is 9.10. The quantitative estimate of drug-likeness (QED) is 0.926. The Hall–Kier alpha value is -0.880. The molecule has 2 rings (SSSR count). The number of carbonyl (C=O) groups is 1. The Balaban J connectivity index is 2.03. The van der Waals surface area contributed by atoms with E-state index in [1.54, 1.807) is 0 Å². The number of rotatable bonds is 3. The van der Waals surface area contributed by atoms with E-state index < -0.39 is 12.1 Å². The van der Waals surface area contributed by atoms with Crippen LogP contribution in [0.4, 0.5) is 0 Å². The van der Waals surface area contributed by atoms with Gasteiger partial charge in [-0.15, -0.1) is 0 Å². The summed E-state index contributed by atoms with van der Waals surface area (Å²) in [6.45, 7) is 4.53. The molecule has 17 heavy (non-hydrogen) atoms. The molecule has 2 heterocycles. The van der Waals surface area contributed by atoms with Crippen LogP contribution >= 0.6 is 15.9 Å². The number of carboxylic acids is 1. The van der Waals surface area contributed by atoms with E-state index in [1.165, 1.54) is 0 Å². The van der Waals surface area contributed by atoms with Crippen molar-refractivity contribution >= 4 is 21.9 Å². The summed E-state index contributed by atoms with van der Waals surface area (Å²) < 4.78 is 8.33. The molecular formula is C11H15BrN2O3. The lowest BCUT2D eigenvalue weighted by Gasteiger charge is -2.12. The van der Waals surface area contributed by atoms with Crippen LogP contribution in [0.5, 0.6) is 0 Å². The fourth-order valence-electron chi connectivity index (χ4n) is 2.07. The molecule has 2 atom stereocenters. The van der Waals surface area contributed by atoms with Gasteiger partial charge in [0.05, 0.1) is 22.8 Å². The lowest BCUT2D eigenvalue weighted by Crippen LogP contribution is -2.23. The van der Waals surface area contributed by atoms with Crippen molar-refractivity contribution in [1.82, 2.24) is 9.78 Å². The summed E-state index contributed by atoms with van der Waals surface area (Å²) in [4.78, 5) is 10.8. The maximum absolute atomic E-state index is 10.8. The number of ether oxygens (including phenoxy) is 1. The molecule has 0 aromatic carbocycles. The Morgan fingerprint density at radius 1 is 1.59 bits per heavy atom. The first-order valence-electron chi connectivity index (χ1n) is 5.56. The van der Waals surface area contributed by atoms with E-state index in [0.29, 0.717) is 13.0 Å². The molecule has 5 nitrogen and oxygen atoms in total. The Kier molecular flexibility index (Phi) is 3.53. The van der Waals surface area contributed by atoms with Crippen LogP contribution in [0.25, 0.3) is 0 Å². The molecule has 0 aliphatic carbocycles. The average molecular weight is 303 g/mol. The number of halogens is 1. The van der Waals surface area contributed by atoms with E-state index in [4.69, 9.17) is 9.84 Å². The minimum Gasteiger partial charge on any atom is -0.479 e. The molecule has 6 heteroatoms. The van der Waals surface area contributed by atoms with Crippen molar-refractivity contribution in [2.24, 2.45) is 0 Å². The third-order valence-corrected chi connectivity index (χ3v) is 4.20. The maximum Gasteiger partial charge on any atom is 0.332 e. The molecule has 1 fully saturated rings. The summed E-state index contributed by atoms with van der Waals surface area (Å²) in [6.07, 6.45) is 0.648. The third kappa shape index (κ3) is 2.52. The molecule has 0 bridgehead atoms. The van der Waals surface area contributed by atoms with Gasteiger partial charge in [-0.05, 0) is 42.6 Å². The van der Waals surface area contributed by atoms with Gasteiger partial charge >= 0.3 is 5.97 Å². The van der Waals surface area contributed by atoms with Crippen LogP contribution in [0.1, 0.15) is 24.2 Å². The van der Waals surface area contributed by atoms with Crippen molar-refractivity contribution in [3.63, 3.8) is 0 Å². The molecule has 94 valence electrons. The molecule has 1 aliphatic heterocycles. The molecule has 1 aliphatic rings. The molecule has 1 aromatic heterocycles. The van der Waals surface area contributed by atoms with Crippen LogP contribution in [-0.2, 0) is 16.1 Å². The minimum atomic E-state index is -0.873. The summed E-state index contributed by atoms with van der Waals surface area (Å²) in [6, 6.07) is 0. The van der Waals surface area contributed by atoms with Crippen molar-refractivity contribution < 1.29 is 14.6 Å². The van der Waals surface area contributed by atoms with Gasteiger partial charge in [-0.2, -0.15) is 5.10 Å². The highest BCUT2D eigenvalue weighted by Gasteiger charge is 2.31. The molecular weight excluding hydrogens is 288 g/mol. The Bertz CT molecular complexity index is 444. The fraction of sp³-hybridized carbons (Fsp3) is 0.636. The second-order valence-corrected chi connectivity index (χ2v) is 5.12. The van der Waals surface area contributed by atoms with Gasteiger partial charge < -0.3 is 9.84 Å². The number of carboxylic acid groups (broad SMARTS) is 1. The summed E-state index contributed by atoms with van der Waals surface area (Å²) >= 11 is 3.47. The summed E-state index contributed by atoms with van der Waals surface area (Å²) in [5, 5.41) is 13.2. The van der Waals surface area contributed by atoms with Crippen LogP contribution in [0.15, 0.2) is 4.47 Å². The minimum absolute atomic E-state index is 0.0546. The van der Waals surface area contributed by atoms with E-state index in [1.807, 2.05) is 18.5 Å². The van der Waals surface area contributed by atoms with Crippen LogP contribution in [0.2, 0.25) is 0 Å². The van der Waals surface area contributed by atoms with Gasteiger partial charge in [0.1, 0.15) is 0 Å². The summed E-state index contributed by atoms with van der Waals surface area (Å²) in [5.41, 5.74) is 1.99. The molecule has 1 N–H and O–H groups in total. The summed E-state index contributed by atoms with van der Waals surface area (Å²) in [7, 11) is 0. The highest BCUT2D eigenvalue weighted by atomic mass is 79.9. The molecule has 0 amide bonds. The monoisotopic (exact) mass is 302 g/mol. The van der Waals surface area contributed by atoms with Crippen molar-refractivity contribution in [3.05, 3.63) is 15.9 Å². The molecule has 1 saturated heterocycles. The van der Waals surface area contributed by atoms with E-state index in [2.05, 4.69) is 21.0 Å². The first-order valence-corrected chi connectivity index (χ1v) is 6.36. The molecule has 0 radical (unpaired) electrons. The van der Waals surface area contributed by atoms with E-state index in [9.17, 15) is 4.79 Å². The van der Waals surface area contributed by atoms with Gasteiger partial charge in [-0.25, -0.2) is 4.79 Å². The maximum atomic E-state index is 10.8. The first kappa shape index (κ1) is 12.6. The fourth-order valence-corrected chi connectivity index (χ4v) is 2.35. The van der Waals surface area contributed by atoms with Crippen LogP contribution < -0.4 is 0 Å². The zero-order chi connectivity index (χ0) is 12.6. The highest BCUT2D eigenvalue weighted by Crippen LogP contribution is 2.24. The smallest absolute Gasteiger partial charge is 0.332 e. The van der Waals surface area contributed by atoms with Crippen molar-refractivity contribution in [1.29, 1.82) is 0 Å². The topological polar surface area (TPSA) is 64.4 Å². The predicted octanol–water partition coefficient (Wildman–Crippen LogP) is 1.89. The number of hydrogen-bond acceptors (Lipinski definition) is 3. The van der Waals surface area contributed by atoms with E-state index in [0.717, 1.165) is 22.3 Å². The molecule has 0 saturated carbocycles. The second-order valence-electron chi connectivity index (χ2n) is 4.33. The van der Waals surface area contributed by atoms with E-state index >= 15 is 0 Å². The number of aliphatic carboxylic acids is 1. The normalized spacial score (nSPS) is 24.2. The standard InChI is InChI=1S/C11H15BrN2O3/c1-6-10(12)7(2)14(13-6)5-8-3-4-9(17-8)11(15)16/h8-9H,3-5H2,1-2H3,(H,15,16). The van der Waals surface area contributed by atoms with Crippen molar-refractivity contribution in [2.75, 3.05) is 0 Å². The van der Waals surface area contributed by atoms with Crippen molar-refractivity contribution in [3.8, 4) is 0 Å². The van der Waals surface area contributed by atoms with Gasteiger partial charge in [0.25, 0.3) is 0 Å². The Morgan fingerprint density at radius 2 is 2.29 bits per heavy atom. The first-order chi connectivity index (χ1) is 7.99. The number of aryl methyl sites for hydroxylation is 1. The number of aromatic nitrogens is 2. The van der Waals surface area contributed by atoms with Crippen LogP contribution in [-0.4, -0.2) is 33.1 Å². The third-order valence-electron chi connectivity index (χ3n) is 3.05. The SMILES string of the molecule is Cc1nn(CC2CCC(C(=O)O)O2)c(C)c1Br. The lowest BCUT2D eigenvalue weighted by atomic mass is 10.2. The molecule has 2 unspecified atom stereocenters. The van der Waals surface area contributed by atoms with Crippen molar-refractivity contribution in [2.45, 2.75) is 45.4 Å². The average Bonchev–Trinajstić information content (AvgIpc) is 2.82. The van der Waals surface area contributed by atoms with Gasteiger partial charge in [0.2, 0.25) is 0 Å². The van der Waals surface area contributed by atoms with Gasteiger partial charge in [0, 0.05) is 5.69 Å². The Morgan fingerprint density at radius 3 is 2.76 bits per heavy atom. The van der Waals surface area contributed by atoms with Gasteiger partial charge in [-0.3, -0.25) is 4.68 Å². The largest absolute Gasteiger partial charge is 0.479 e. The van der Waals surface area contributed by atoms with Gasteiger partial charge in [0.15, 0.2) is 6.10 Å². The van der Waals surface area contributed by atoms with Crippen LogP contribution in [0, 0.1) is 13.8 Å². The predicted molar refractivity (Wildman–Crippen MR) is 64.9 cm³/mol. The van der Waals surface area contributed by atoms with E-state index in [-0.39, 0.29) is 6.10 Å². The molecule has 0 spiro atoms. The number of hydrogen-bond donors (Lipinski definition) is 1. The number of nitrogens with zero attached hydrogens (tertiary/aromatic N) is 2. The zero-order valence-corrected chi connectivity index (χ0v) is 11.4. The van der Waals surface area contributed by atoms with Gasteiger partial charge in [-0.1, -0.05) is 0 Å². The Labute approximate surface area is 108 Å². The zero-order valence-electron chi connectivity index (χ0n) is 9.81. The summed E-state index contributed by atoms with van der Waals surface area (Å²) in [5.74, 6) is -0.873. The van der Waals surface area contributed by atoms with Crippen LogP contribution in [0.3, 0.4) is 0 Å². The molecule has 1 aromatic rings.